The summed E-state index contributed by atoms with van der Waals surface area (Å²) >= 11 is 1.35. The van der Waals surface area contributed by atoms with Crippen LogP contribution in [0.2, 0.25) is 0 Å². The zero-order valence-electron chi connectivity index (χ0n) is 16.8. The number of aromatic nitrogens is 1. The van der Waals surface area contributed by atoms with E-state index in [2.05, 4.69) is 17.2 Å². The molecule has 4 rings (SSSR count). The van der Waals surface area contributed by atoms with Crippen LogP contribution in [0.5, 0.6) is 5.75 Å². The van der Waals surface area contributed by atoms with Gasteiger partial charge in [-0.2, -0.15) is 4.31 Å². The molecule has 0 saturated carbocycles. The highest BCUT2D eigenvalue weighted by molar-refractivity contribution is 7.89. The first-order valence-corrected chi connectivity index (χ1v) is 12.0. The van der Waals surface area contributed by atoms with Crippen LogP contribution in [0.25, 0.3) is 10.2 Å². The third-order valence-corrected chi connectivity index (χ3v) is 8.16. The Bertz CT molecular complexity index is 1160. The molecule has 9 heteroatoms. The number of methoxy groups -OCH3 is 1. The predicted octanol–water partition coefficient (Wildman–Crippen LogP) is 3.98. The Hall–Kier alpha value is -2.49. The fraction of sp³-hybridized carbons (Fsp3) is 0.333. The van der Waals surface area contributed by atoms with E-state index in [9.17, 15) is 13.2 Å². The molecule has 2 heterocycles. The number of piperidine rings is 1. The molecule has 3 aromatic rings. The number of nitrogens with one attached hydrogen (secondary N) is 1. The second-order valence-electron chi connectivity index (χ2n) is 7.42. The molecule has 30 heavy (non-hydrogen) atoms. The molecule has 0 unspecified atom stereocenters. The lowest BCUT2D eigenvalue weighted by atomic mass is 10.0. The highest BCUT2D eigenvalue weighted by Gasteiger charge is 2.28. The van der Waals surface area contributed by atoms with Crippen molar-refractivity contribution in [2.24, 2.45) is 5.92 Å². The van der Waals surface area contributed by atoms with Crippen molar-refractivity contribution >= 4 is 42.6 Å². The molecule has 0 aliphatic carbocycles. The first kappa shape index (κ1) is 20.8. The molecule has 0 spiro atoms. The summed E-state index contributed by atoms with van der Waals surface area (Å²) in [5.74, 6) is 0.937. The van der Waals surface area contributed by atoms with Gasteiger partial charge in [0.05, 0.1) is 22.2 Å². The minimum absolute atomic E-state index is 0.209. The Morgan fingerprint density at radius 3 is 2.53 bits per heavy atom. The van der Waals surface area contributed by atoms with E-state index < -0.39 is 10.0 Å². The minimum atomic E-state index is -3.53. The average molecular weight is 446 g/mol. The Labute approximate surface area is 179 Å². The Morgan fingerprint density at radius 2 is 1.87 bits per heavy atom. The third kappa shape index (κ3) is 4.19. The summed E-state index contributed by atoms with van der Waals surface area (Å²) in [6.07, 6.45) is 1.74. The highest BCUT2D eigenvalue weighted by atomic mass is 32.2. The van der Waals surface area contributed by atoms with Crippen LogP contribution >= 0.6 is 11.3 Å². The number of thiazole rings is 1. The molecule has 1 saturated heterocycles. The average Bonchev–Trinajstić information content (AvgIpc) is 3.15. The van der Waals surface area contributed by atoms with E-state index in [1.807, 2.05) is 18.2 Å². The van der Waals surface area contributed by atoms with E-state index in [4.69, 9.17) is 4.74 Å². The molecule has 7 nitrogen and oxygen atoms in total. The molecular weight excluding hydrogens is 422 g/mol. The number of carbonyl (C=O) groups excluding carboxylic acids is 1. The fourth-order valence-electron chi connectivity index (χ4n) is 3.41. The molecule has 0 radical (unpaired) electrons. The summed E-state index contributed by atoms with van der Waals surface area (Å²) in [4.78, 5) is 17.2. The summed E-state index contributed by atoms with van der Waals surface area (Å²) in [6.45, 7) is 3.21. The third-order valence-electron chi connectivity index (χ3n) is 5.31. The van der Waals surface area contributed by atoms with E-state index in [1.165, 1.54) is 39.9 Å². The standard InChI is InChI=1S/C21H23N3O4S2/c1-14-9-11-24(12-10-14)30(26,27)17-6-3-15(4-7-17)20(25)23-21-22-18-8-5-16(28-2)13-19(18)29-21/h3-8,13-14H,9-12H2,1-2H3,(H,22,23,25). The van der Waals surface area contributed by atoms with Gasteiger partial charge in [-0.25, -0.2) is 13.4 Å². The SMILES string of the molecule is COc1ccc2nc(NC(=O)c3ccc(S(=O)(=O)N4CCC(C)CC4)cc3)sc2c1. The number of rotatable bonds is 5. The quantitative estimate of drug-likeness (QED) is 0.642. The fourth-order valence-corrected chi connectivity index (χ4v) is 5.77. The molecule has 1 fully saturated rings. The van der Waals surface area contributed by atoms with E-state index >= 15 is 0 Å². The van der Waals surface area contributed by atoms with Crippen LogP contribution in [0.15, 0.2) is 47.4 Å². The number of benzene rings is 2. The van der Waals surface area contributed by atoms with Crippen molar-refractivity contribution in [3.8, 4) is 5.75 Å². The maximum absolute atomic E-state index is 12.8. The zero-order valence-corrected chi connectivity index (χ0v) is 18.4. The van der Waals surface area contributed by atoms with E-state index in [0.717, 1.165) is 28.8 Å². The second kappa shape index (κ2) is 8.33. The van der Waals surface area contributed by atoms with Crippen molar-refractivity contribution in [1.29, 1.82) is 0 Å². The van der Waals surface area contributed by atoms with Crippen LogP contribution in [-0.2, 0) is 10.0 Å². The van der Waals surface area contributed by atoms with Crippen molar-refractivity contribution in [2.75, 3.05) is 25.5 Å². The van der Waals surface area contributed by atoms with E-state index in [1.54, 1.807) is 7.11 Å². The van der Waals surface area contributed by atoms with Gasteiger partial charge in [-0.1, -0.05) is 18.3 Å². The van der Waals surface area contributed by atoms with Gasteiger partial charge in [0.25, 0.3) is 5.91 Å². The van der Waals surface area contributed by atoms with Crippen molar-refractivity contribution in [3.05, 3.63) is 48.0 Å². The van der Waals surface area contributed by atoms with Crippen LogP contribution < -0.4 is 10.1 Å². The number of ether oxygens (including phenoxy) is 1. The smallest absolute Gasteiger partial charge is 0.257 e. The molecular formula is C21H23N3O4S2. The molecule has 1 aliphatic heterocycles. The number of nitrogens with zero attached hydrogens (tertiary/aromatic N) is 2. The number of anilines is 1. The summed E-state index contributed by atoms with van der Waals surface area (Å²) in [6, 6.07) is 11.6. The molecule has 158 valence electrons. The van der Waals surface area contributed by atoms with Gasteiger partial charge in [-0.05, 0) is 61.2 Å². The Kier molecular flexibility index (Phi) is 5.77. The van der Waals surface area contributed by atoms with E-state index in [0.29, 0.717) is 29.7 Å². The number of amides is 1. The Balaban J connectivity index is 1.48. The maximum Gasteiger partial charge on any atom is 0.257 e. The lowest BCUT2D eigenvalue weighted by Crippen LogP contribution is -2.37. The van der Waals surface area contributed by atoms with Gasteiger partial charge in [-0.3, -0.25) is 10.1 Å². The topological polar surface area (TPSA) is 88.6 Å². The number of fused-ring (bicyclic) bond motifs is 1. The number of hydrogen-bond acceptors (Lipinski definition) is 6. The second-order valence-corrected chi connectivity index (χ2v) is 10.4. The van der Waals surface area contributed by atoms with Crippen molar-refractivity contribution in [2.45, 2.75) is 24.7 Å². The number of sulfonamides is 1. The molecule has 0 bridgehead atoms. The van der Waals surface area contributed by atoms with Crippen LogP contribution in [0.4, 0.5) is 5.13 Å². The molecule has 1 aromatic heterocycles. The number of hydrogen-bond donors (Lipinski definition) is 1. The van der Waals surface area contributed by atoms with Gasteiger partial charge in [0, 0.05) is 18.7 Å². The van der Waals surface area contributed by atoms with Gasteiger partial charge in [0.15, 0.2) is 5.13 Å². The van der Waals surface area contributed by atoms with Crippen molar-refractivity contribution in [1.82, 2.24) is 9.29 Å². The highest BCUT2D eigenvalue weighted by Crippen LogP contribution is 2.29. The molecule has 0 atom stereocenters. The zero-order chi connectivity index (χ0) is 21.3. The monoisotopic (exact) mass is 445 g/mol. The maximum atomic E-state index is 12.8. The van der Waals surface area contributed by atoms with Gasteiger partial charge >= 0.3 is 0 Å². The first-order valence-electron chi connectivity index (χ1n) is 9.73. The predicted molar refractivity (Wildman–Crippen MR) is 118 cm³/mol. The van der Waals surface area contributed by atoms with Crippen LogP contribution in [0.3, 0.4) is 0 Å². The first-order chi connectivity index (χ1) is 14.4. The van der Waals surface area contributed by atoms with Crippen molar-refractivity contribution < 1.29 is 17.9 Å². The summed E-state index contributed by atoms with van der Waals surface area (Å²) in [7, 11) is -1.93. The largest absolute Gasteiger partial charge is 0.497 e. The molecule has 1 aliphatic rings. The lowest BCUT2D eigenvalue weighted by Gasteiger charge is -2.29. The summed E-state index contributed by atoms with van der Waals surface area (Å²) in [5, 5.41) is 3.25. The van der Waals surface area contributed by atoms with Crippen molar-refractivity contribution in [3.63, 3.8) is 0 Å². The molecule has 1 N–H and O–H groups in total. The molecule has 2 aromatic carbocycles. The van der Waals surface area contributed by atoms with Gasteiger partial charge in [0.2, 0.25) is 10.0 Å². The van der Waals surface area contributed by atoms with E-state index in [-0.39, 0.29) is 10.8 Å². The minimum Gasteiger partial charge on any atom is -0.497 e. The number of carbonyl (C=O) groups is 1. The van der Waals surface area contributed by atoms with Crippen LogP contribution in [-0.4, -0.2) is 43.8 Å². The van der Waals surface area contributed by atoms with Gasteiger partial charge < -0.3 is 4.74 Å². The van der Waals surface area contributed by atoms with Gasteiger partial charge in [0.1, 0.15) is 5.75 Å². The lowest BCUT2D eigenvalue weighted by molar-refractivity contribution is 0.102. The Morgan fingerprint density at radius 1 is 1.17 bits per heavy atom. The van der Waals surface area contributed by atoms with Crippen LogP contribution in [0, 0.1) is 5.92 Å². The summed E-state index contributed by atoms with van der Waals surface area (Å²) in [5.41, 5.74) is 1.14. The normalized spacial score (nSPS) is 15.9. The molecule has 1 amide bonds. The van der Waals surface area contributed by atoms with Crippen LogP contribution in [0.1, 0.15) is 30.1 Å². The van der Waals surface area contributed by atoms with Gasteiger partial charge in [-0.15, -0.1) is 0 Å². The summed E-state index contributed by atoms with van der Waals surface area (Å²) < 4.78 is 33.3.